The van der Waals surface area contributed by atoms with Crippen molar-refractivity contribution in [3.05, 3.63) is 47.7 Å². The predicted molar refractivity (Wildman–Crippen MR) is 72.0 cm³/mol. The Hall–Kier alpha value is -2.54. The van der Waals surface area contributed by atoms with E-state index in [0.29, 0.717) is 11.3 Å². The van der Waals surface area contributed by atoms with E-state index in [0.717, 1.165) is 0 Å². The highest BCUT2D eigenvalue weighted by atomic mass is 19.1. The van der Waals surface area contributed by atoms with Gasteiger partial charge in [0.2, 0.25) is 11.8 Å². The maximum atomic E-state index is 13.1. The molecule has 0 fully saturated rings. The van der Waals surface area contributed by atoms with E-state index in [4.69, 9.17) is 15.6 Å². The molecule has 0 aliphatic rings. The Morgan fingerprint density at radius 1 is 1.43 bits per heavy atom. The standard InChI is InChI=1S/C14H14FN3O3/c1-8(14(16)20)11-5-18-13(6-17-11)21-12-3-2-10(15)4-9(12)7-19/h2-6,8,19H,7H2,1H3,(H2,16,20). The van der Waals surface area contributed by atoms with Crippen molar-refractivity contribution in [2.45, 2.75) is 19.4 Å². The Morgan fingerprint density at radius 2 is 2.19 bits per heavy atom. The lowest BCUT2D eigenvalue weighted by atomic mass is 10.1. The van der Waals surface area contributed by atoms with Crippen LogP contribution in [0.25, 0.3) is 0 Å². The Bertz CT molecular complexity index is 646. The highest BCUT2D eigenvalue weighted by Crippen LogP contribution is 2.25. The highest BCUT2D eigenvalue weighted by Gasteiger charge is 2.14. The second-order valence-electron chi connectivity index (χ2n) is 4.42. The van der Waals surface area contributed by atoms with Gasteiger partial charge in [-0.3, -0.25) is 9.78 Å². The number of amides is 1. The molecule has 0 aliphatic carbocycles. The monoisotopic (exact) mass is 291 g/mol. The molecule has 1 amide bonds. The number of primary amides is 1. The van der Waals surface area contributed by atoms with Crippen molar-refractivity contribution in [1.29, 1.82) is 0 Å². The third kappa shape index (κ3) is 3.51. The van der Waals surface area contributed by atoms with Crippen LogP contribution in [0.2, 0.25) is 0 Å². The van der Waals surface area contributed by atoms with Gasteiger partial charge in [0.1, 0.15) is 11.6 Å². The van der Waals surface area contributed by atoms with Crippen molar-refractivity contribution >= 4 is 5.91 Å². The summed E-state index contributed by atoms with van der Waals surface area (Å²) in [5, 5.41) is 9.16. The first-order chi connectivity index (χ1) is 10.0. The Morgan fingerprint density at radius 3 is 2.76 bits per heavy atom. The van der Waals surface area contributed by atoms with Crippen LogP contribution in [-0.4, -0.2) is 21.0 Å². The fourth-order valence-electron chi connectivity index (χ4n) is 1.63. The SMILES string of the molecule is CC(C(N)=O)c1cnc(Oc2ccc(F)cc2CO)cn1. The third-order valence-electron chi connectivity index (χ3n) is 2.93. The fourth-order valence-corrected chi connectivity index (χ4v) is 1.63. The van der Waals surface area contributed by atoms with E-state index >= 15 is 0 Å². The number of aromatic nitrogens is 2. The summed E-state index contributed by atoms with van der Waals surface area (Å²) < 4.78 is 18.5. The largest absolute Gasteiger partial charge is 0.437 e. The molecule has 1 aromatic heterocycles. The maximum Gasteiger partial charge on any atom is 0.237 e. The van der Waals surface area contributed by atoms with Crippen LogP contribution in [0.5, 0.6) is 11.6 Å². The van der Waals surface area contributed by atoms with Crippen molar-refractivity contribution in [3.8, 4) is 11.6 Å². The van der Waals surface area contributed by atoms with Gasteiger partial charge >= 0.3 is 0 Å². The minimum Gasteiger partial charge on any atom is -0.437 e. The topological polar surface area (TPSA) is 98.3 Å². The van der Waals surface area contributed by atoms with Crippen LogP contribution in [0.3, 0.4) is 0 Å². The number of hydrogen-bond acceptors (Lipinski definition) is 5. The van der Waals surface area contributed by atoms with E-state index in [1.165, 1.54) is 30.6 Å². The van der Waals surface area contributed by atoms with Crippen molar-refractivity contribution in [2.24, 2.45) is 5.73 Å². The molecule has 1 heterocycles. The highest BCUT2D eigenvalue weighted by molar-refractivity contribution is 5.80. The number of carbonyl (C=O) groups is 1. The van der Waals surface area contributed by atoms with Gasteiger partial charge in [-0.25, -0.2) is 9.37 Å². The number of rotatable bonds is 5. The molecule has 0 bridgehead atoms. The molecule has 2 rings (SSSR count). The molecule has 2 aromatic rings. The molecular weight excluding hydrogens is 277 g/mol. The average Bonchev–Trinajstić information content (AvgIpc) is 2.49. The normalized spacial score (nSPS) is 12.0. The summed E-state index contributed by atoms with van der Waals surface area (Å²) in [6, 6.07) is 3.78. The van der Waals surface area contributed by atoms with Crippen molar-refractivity contribution < 1.29 is 19.0 Å². The van der Waals surface area contributed by atoms with Crippen LogP contribution in [0, 0.1) is 5.82 Å². The molecule has 0 saturated carbocycles. The van der Waals surface area contributed by atoms with E-state index in [9.17, 15) is 9.18 Å². The third-order valence-corrected chi connectivity index (χ3v) is 2.93. The number of halogens is 1. The summed E-state index contributed by atoms with van der Waals surface area (Å²) in [6.45, 7) is 1.26. The van der Waals surface area contributed by atoms with Gasteiger partial charge in [-0.05, 0) is 25.1 Å². The van der Waals surface area contributed by atoms with Gasteiger partial charge in [-0.1, -0.05) is 0 Å². The van der Waals surface area contributed by atoms with E-state index in [2.05, 4.69) is 9.97 Å². The van der Waals surface area contributed by atoms with Gasteiger partial charge in [-0.2, -0.15) is 0 Å². The molecule has 0 spiro atoms. The van der Waals surface area contributed by atoms with Crippen molar-refractivity contribution in [1.82, 2.24) is 9.97 Å². The smallest absolute Gasteiger partial charge is 0.237 e. The molecule has 1 aromatic carbocycles. The Balaban J connectivity index is 2.19. The molecule has 6 nitrogen and oxygen atoms in total. The van der Waals surface area contributed by atoms with Crippen LogP contribution < -0.4 is 10.5 Å². The first-order valence-electron chi connectivity index (χ1n) is 6.19. The van der Waals surface area contributed by atoms with E-state index < -0.39 is 17.6 Å². The zero-order chi connectivity index (χ0) is 15.4. The van der Waals surface area contributed by atoms with Crippen LogP contribution in [0.1, 0.15) is 24.1 Å². The van der Waals surface area contributed by atoms with Crippen LogP contribution >= 0.6 is 0 Å². The Labute approximate surface area is 120 Å². The second kappa shape index (κ2) is 6.27. The van der Waals surface area contributed by atoms with Crippen LogP contribution in [-0.2, 0) is 11.4 Å². The molecule has 0 radical (unpaired) electrons. The van der Waals surface area contributed by atoms with Gasteiger partial charge in [0.15, 0.2) is 0 Å². The number of ether oxygens (including phenoxy) is 1. The quantitative estimate of drug-likeness (QED) is 0.869. The van der Waals surface area contributed by atoms with E-state index in [1.54, 1.807) is 6.92 Å². The molecule has 7 heteroatoms. The number of nitrogens with two attached hydrogens (primary N) is 1. The van der Waals surface area contributed by atoms with Gasteiger partial charge in [-0.15, -0.1) is 0 Å². The zero-order valence-corrected chi connectivity index (χ0v) is 11.3. The summed E-state index contributed by atoms with van der Waals surface area (Å²) in [5.41, 5.74) is 5.91. The number of aliphatic hydroxyl groups is 1. The number of aliphatic hydroxyl groups excluding tert-OH is 1. The van der Waals surface area contributed by atoms with Crippen molar-refractivity contribution in [2.75, 3.05) is 0 Å². The molecule has 0 aliphatic heterocycles. The predicted octanol–water partition coefficient (Wildman–Crippen LogP) is 1.49. The van der Waals surface area contributed by atoms with E-state index in [1.807, 2.05) is 0 Å². The maximum absolute atomic E-state index is 13.1. The number of benzene rings is 1. The molecular formula is C14H14FN3O3. The molecule has 21 heavy (non-hydrogen) atoms. The number of nitrogens with zero attached hydrogens (tertiary/aromatic N) is 2. The average molecular weight is 291 g/mol. The summed E-state index contributed by atoms with van der Waals surface area (Å²) >= 11 is 0. The van der Waals surface area contributed by atoms with Gasteiger partial charge < -0.3 is 15.6 Å². The lowest BCUT2D eigenvalue weighted by Gasteiger charge is -2.10. The lowest BCUT2D eigenvalue weighted by molar-refractivity contribution is -0.119. The second-order valence-corrected chi connectivity index (χ2v) is 4.42. The first-order valence-corrected chi connectivity index (χ1v) is 6.19. The minimum atomic E-state index is -0.551. The lowest BCUT2D eigenvalue weighted by Crippen LogP contribution is -2.19. The number of hydrogen-bond donors (Lipinski definition) is 2. The van der Waals surface area contributed by atoms with Gasteiger partial charge in [0.05, 0.1) is 30.6 Å². The van der Waals surface area contributed by atoms with Gasteiger partial charge in [0.25, 0.3) is 0 Å². The number of carbonyl (C=O) groups excluding carboxylic acids is 1. The summed E-state index contributed by atoms with van der Waals surface area (Å²) in [4.78, 5) is 19.1. The summed E-state index contributed by atoms with van der Waals surface area (Å²) in [7, 11) is 0. The molecule has 110 valence electrons. The zero-order valence-electron chi connectivity index (χ0n) is 11.3. The molecule has 0 saturated heterocycles. The summed E-state index contributed by atoms with van der Waals surface area (Å²) in [5.74, 6) is -1.08. The minimum absolute atomic E-state index is 0.164. The van der Waals surface area contributed by atoms with Crippen molar-refractivity contribution in [3.63, 3.8) is 0 Å². The molecule has 1 atom stereocenters. The Kier molecular flexibility index (Phi) is 4.44. The summed E-state index contributed by atoms with van der Waals surface area (Å²) in [6.07, 6.45) is 2.71. The molecule has 3 N–H and O–H groups in total. The fraction of sp³-hybridized carbons (Fsp3) is 0.214. The first kappa shape index (κ1) is 14.9. The van der Waals surface area contributed by atoms with Crippen LogP contribution in [0.15, 0.2) is 30.6 Å². The van der Waals surface area contributed by atoms with Crippen LogP contribution in [0.4, 0.5) is 4.39 Å². The van der Waals surface area contributed by atoms with E-state index in [-0.39, 0.29) is 18.2 Å². The molecule has 1 unspecified atom stereocenters. The van der Waals surface area contributed by atoms with Gasteiger partial charge in [0, 0.05) is 5.56 Å².